The lowest BCUT2D eigenvalue weighted by Gasteiger charge is -2.09. The van der Waals surface area contributed by atoms with Gasteiger partial charge in [0.05, 0.1) is 19.5 Å². The molecule has 2 aromatic rings. The third kappa shape index (κ3) is 2.89. The number of fused-ring (bicyclic) bond motifs is 1. The van der Waals surface area contributed by atoms with Gasteiger partial charge in [-0.25, -0.2) is 4.98 Å². The van der Waals surface area contributed by atoms with Gasteiger partial charge in [0, 0.05) is 11.6 Å². The summed E-state index contributed by atoms with van der Waals surface area (Å²) in [5.41, 5.74) is 6.71. The van der Waals surface area contributed by atoms with Crippen molar-refractivity contribution in [2.24, 2.45) is 0 Å². The summed E-state index contributed by atoms with van der Waals surface area (Å²) in [6.07, 6.45) is 0.525. The van der Waals surface area contributed by atoms with E-state index in [9.17, 15) is 9.59 Å². The van der Waals surface area contributed by atoms with Gasteiger partial charge < -0.3 is 20.2 Å². The Morgan fingerprint density at radius 3 is 2.57 bits per heavy atom. The zero-order valence-electron chi connectivity index (χ0n) is 12.6. The number of H-pyrrole nitrogens is 1. The summed E-state index contributed by atoms with van der Waals surface area (Å²) in [6, 6.07) is 4.69. The van der Waals surface area contributed by atoms with Crippen molar-refractivity contribution in [2.75, 3.05) is 20.0 Å². The molecule has 0 aliphatic heterocycles. The Labute approximate surface area is 136 Å². The van der Waals surface area contributed by atoms with Crippen LogP contribution in [0.4, 0.5) is 5.82 Å². The van der Waals surface area contributed by atoms with Crippen LogP contribution < -0.4 is 20.8 Å². The number of ether oxygens (including phenoxy) is 2. The average Bonchev–Trinajstić information content (AvgIpc) is 2.80. The molecular weight excluding hydrogens is 318 g/mol. The van der Waals surface area contributed by atoms with Crippen molar-refractivity contribution in [3.8, 4) is 11.5 Å². The number of nitrogens with zero attached hydrogens (tertiary/aromatic N) is 1. The molecule has 1 aromatic heterocycles. The second-order valence-electron chi connectivity index (χ2n) is 5.01. The first kappa shape index (κ1) is 15.4. The van der Waals surface area contributed by atoms with E-state index in [0.717, 1.165) is 5.56 Å². The van der Waals surface area contributed by atoms with Crippen molar-refractivity contribution in [1.82, 2.24) is 9.97 Å². The van der Waals surface area contributed by atoms with Crippen LogP contribution in [0.15, 0.2) is 28.2 Å². The van der Waals surface area contributed by atoms with Crippen molar-refractivity contribution >= 4 is 23.4 Å². The van der Waals surface area contributed by atoms with Gasteiger partial charge in [-0.3, -0.25) is 9.59 Å². The molecule has 0 spiro atoms. The smallest absolute Gasteiger partial charge is 0.253 e. The predicted octanol–water partition coefficient (Wildman–Crippen LogP) is 1.27. The van der Waals surface area contributed by atoms with Gasteiger partial charge in [0.25, 0.3) is 5.56 Å². The number of nitrogen functional groups attached to an aromatic ring is 1. The van der Waals surface area contributed by atoms with E-state index in [2.05, 4.69) is 9.97 Å². The fraction of sp³-hybridized carbons (Fsp3) is 0.267. The van der Waals surface area contributed by atoms with Crippen molar-refractivity contribution < 1.29 is 14.3 Å². The molecule has 1 heterocycles. The molecule has 0 fully saturated rings. The highest BCUT2D eigenvalue weighted by Crippen LogP contribution is 2.39. The van der Waals surface area contributed by atoms with Gasteiger partial charge in [-0.05, 0) is 24.1 Å². The third-order valence-corrected chi connectivity index (χ3v) is 4.65. The van der Waals surface area contributed by atoms with Gasteiger partial charge in [0.15, 0.2) is 22.4 Å². The maximum Gasteiger partial charge on any atom is 0.253 e. The minimum absolute atomic E-state index is 0.0315. The first-order valence-electron chi connectivity index (χ1n) is 6.84. The Balaban J connectivity index is 1.90. The van der Waals surface area contributed by atoms with Gasteiger partial charge in [0.1, 0.15) is 5.82 Å². The summed E-state index contributed by atoms with van der Waals surface area (Å²) < 4.78 is 10.5. The molecule has 23 heavy (non-hydrogen) atoms. The number of methoxy groups -OCH3 is 2. The Hall–Kier alpha value is -2.48. The number of nitrogens with one attached hydrogen (secondary N) is 1. The monoisotopic (exact) mass is 333 g/mol. The fourth-order valence-electron chi connectivity index (χ4n) is 2.52. The molecule has 0 saturated heterocycles. The molecule has 1 aromatic carbocycles. The quantitative estimate of drug-likeness (QED) is 0.811. The lowest BCUT2D eigenvalue weighted by atomic mass is 10.1. The van der Waals surface area contributed by atoms with Gasteiger partial charge in [-0.15, -0.1) is 0 Å². The van der Waals surface area contributed by atoms with Crippen molar-refractivity contribution in [3.05, 3.63) is 39.7 Å². The van der Waals surface area contributed by atoms with Crippen LogP contribution in [0.1, 0.15) is 15.9 Å². The zero-order valence-corrected chi connectivity index (χ0v) is 13.4. The first-order chi connectivity index (χ1) is 11.0. The fourth-order valence-corrected chi connectivity index (χ4v) is 3.61. The normalized spacial score (nSPS) is 16.3. The number of hydrogen-bond donors (Lipinski definition) is 2. The lowest BCUT2D eigenvalue weighted by molar-refractivity contribution is 0.1000. The molecule has 1 aliphatic rings. The van der Waals surface area contributed by atoms with Crippen LogP contribution in [-0.2, 0) is 6.42 Å². The predicted molar refractivity (Wildman–Crippen MR) is 86.5 cm³/mol. The van der Waals surface area contributed by atoms with E-state index >= 15 is 0 Å². The molecule has 8 heteroatoms. The number of nitrogens with two attached hydrogens (primary N) is 1. The number of aromatic nitrogens is 2. The Bertz CT molecular complexity index is 834. The molecule has 1 aliphatic carbocycles. The number of carbonyl (C=O) groups excluding carboxylic acids is 1. The van der Waals surface area contributed by atoms with Crippen LogP contribution in [0, 0.1) is 0 Å². The molecule has 1 atom stereocenters. The number of rotatable bonds is 4. The van der Waals surface area contributed by atoms with E-state index in [1.165, 1.54) is 24.9 Å². The second-order valence-corrected chi connectivity index (χ2v) is 6.21. The molecule has 0 amide bonds. The Morgan fingerprint density at radius 1 is 1.22 bits per heavy atom. The SMILES string of the molecule is COc1cc2c(cc1OC)C(=O)[C@H](Sc1nc(N)cc(=O)[nH]1)C2. The van der Waals surface area contributed by atoms with Crippen LogP contribution in [0.25, 0.3) is 0 Å². The van der Waals surface area contributed by atoms with Crippen molar-refractivity contribution in [3.63, 3.8) is 0 Å². The van der Waals surface area contributed by atoms with E-state index in [1.807, 2.05) is 6.07 Å². The molecule has 0 saturated carbocycles. The summed E-state index contributed by atoms with van der Waals surface area (Å²) >= 11 is 1.19. The van der Waals surface area contributed by atoms with Gasteiger partial charge >= 0.3 is 0 Å². The summed E-state index contributed by atoms with van der Waals surface area (Å²) in [4.78, 5) is 30.6. The van der Waals surface area contributed by atoms with E-state index in [1.54, 1.807) is 13.2 Å². The maximum absolute atomic E-state index is 12.6. The molecule has 0 unspecified atom stereocenters. The summed E-state index contributed by atoms with van der Waals surface area (Å²) in [7, 11) is 3.08. The molecule has 0 bridgehead atoms. The summed E-state index contributed by atoms with van der Waals surface area (Å²) in [5, 5.41) is -0.0353. The highest BCUT2D eigenvalue weighted by Gasteiger charge is 2.33. The van der Waals surface area contributed by atoms with Crippen LogP contribution in [0.5, 0.6) is 11.5 Å². The van der Waals surface area contributed by atoms with Crippen LogP contribution in [0.2, 0.25) is 0 Å². The minimum atomic E-state index is -0.369. The number of hydrogen-bond acceptors (Lipinski definition) is 7. The molecule has 7 nitrogen and oxygen atoms in total. The van der Waals surface area contributed by atoms with Gasteiger partial charge in [0.2, 0.25) is 0 Å². The van der Waals surface area contributed by atoms with Crippen molar-refractivity contribution in [2.45, 2.75) is 16.8 Å². The minimum Gasteiger partial charge on any atom is -0.493 e. The average molecular weight is 333 g/mol. The van der Waals surface area contributed by atoms with Gasteiger partial charge in [-0.1, -0.05) is 11.8 Å². The second kappa shape index (κ2) is 5.96. The van der Waals surface area contributed by atoms with Crippen LogP contribution >= 0.6 is 11.8 Å². The molecule has 3 N–H and O–H groups in total. The van der Waals surface area contributed by atoms with E-state index in [4.69, 9.17) is 15.2 Å². The largest absolute Gasteiger partial charge is 0.493 e. The number of anilines is 1. The van der Waals surface area contributed by atoms with Crippen molar-refractivity contribution in [1.29, 1.82) is 0 Å². The van der Waals surface area contributed by atoms with Crippen LogP contribution in [-0.4, -0.2) is 35.2 Å². The first-order valence-corrected chi connectivity index (χ1v) is 7.72. The summed E-state index contributed by atoms with van der Waals surface area (Å²) in [6.45, 7) is 0. The Morgan fingerprint density at radius 2 is 1.91 bits per heavy atom. The number of benzene rings is 1. The molecule has 0 radical (unpaired) electrons. The highest BCUT2D eigenvalue weighted by molar-refractivity contribution is 8.00. The summed E-state index contributed by atoms with van der Waals surface area (Å²) in [5.74, 6) is 1.19. The zero-order chi connectivity index (χ0) is 16.6. The lowest BCUT2D eigenvalue weighted by Crippen LogP contribution is -2.15. The standard InChI is InChI=1S/C15H15N3O4S/c1-21-9-3-7-4-11(14(20)8(7)5-10(9)22-2)23-15-17-12(16)6-13(19)18-15/h3,5-6,11H,4H2,1-2H3,(H3,16,17,18,19)/t11-/m1/s1. The van der Waals surface area contributed by atoms with Gasteiger partial charge in [-0.2, -0.15) is 0 Å². The van der Waals surface area contributed by atoms with E-state index in [-0.39, 0.29) is 22.4 Å². The third-order valence-electron chi connectivity index (χ3n) is 3.57. The topological polar surface area (TPSA) is 107 Å². The molecule has 120 valence electrons. The van der Waals surface area contributed by atoms with E-state index < -0.39 is 0 Å². The number of Topliss-reactive ketones (excluding diaryl/α,β-unsaturated/α-hetero) is 1. The van der Waals surface area contributed by atoms with E-state index in [0.29, 0.717) is 28.6 Å². The molecule has 3 rings (SSSR count). The molecular formula is C15H15N3O4S. The number of ketones is 1. The number of carbonyl (C=O) groups is 1. The Kier molecular flexibility index (Phi) is 3.99. The van der Waals surface area contributed by atoms with Crippen LogP contribution in [0.3, 0.4) is 0 Å². The highest BCUT2D eigenvalue weighted by atomic mass is 32.2. The number of thioether (sulfide) groups is 1. The maximum atomic E-state index is 12.6. The number of aromatic amines is 1.